The minimum atomic E-state index is -0.301. The first-order valence-corrected chi connectivity index (χ1v) is 6.90. The van der Waals surface area contributed by atoms with E-state index in [9.17, 15) is 9.18 Å². The van der Waals surface area contributed by atoms with Crippen molar-refractivity contribution in [2.24, 2.45) is 0 Å². The summed E-state index contributed by atoms with van der Waals surface area (Å²) in [7, 11) is 0. The van der Waals surface area contributed by atoms with Gasteiger partial charge >= 0.3 is 0 Å². The number of amides is 1. The van der Waals surface area contributed by atoms with Crippen molar-refractivity contribution in [2.75, 3.05) is 6.54 Å². The van der Waals surface area contributed by atoms with Gasteiger partial charge in [-0.25, -0.2) is 4.39 Å². The summed E-state index contributed by atoms with van der Waals surface area (Å²) in [6.45, 7) is 1.25. The van der Waals surface area contributed by atoms with Crippen molar-refractivity contribution in [3.8, 4) is 0 Å². The first kappa shape index (κ1) is 13.5. The lowest BCUT2D eigenvalue weighted by Crippen LogP contribution is -2.46. The zero-order chi connectivity index (χ0) is 13.0. The maximum atomic E-state index is 13.2. The highest BCUT2D eigenvalue weighted by Gasteiger charge is 2.19. The molecular weight excluding hydrogens is 299 g/mol. The molecule has 1 aromatic rings. The van der Waals surface area contributed by atoms with Gasteiger partial charge in [0.05, 0.1) is 6.04 Å². The van der Waals surface area contributed by atoms with Crippen molar-refractivity contribution in [3.05, 3.63) is 34.1 Å². The van der Waals surface area contributed by atoms with E-state index >= 15 is 0 Å². The number of benzene rings is 1. The van der Waals surface area contributed by atoms with Crippen LogP contribution >= 0.6 is 15.9 Å². The maximum absolute atomic E-state index is 13.2. The summed E-state index contributed by atoms with van der Waals surface area (Å²) in [5.74, 6) is -0.306. The predicted octanol–water partition coefficient (Wildman–Crippen LogP) is 2.35. The van der Waals surface area contributed by atoms with Gasteiger partial charge in [-0.15, -0.1) is 0 Å². The van der Waals surface area contributed by atoms with Crippen LogP contribution in [0, 0.1) is 5.82 Å². The Morgan fingerprint density at radius 1 is 1.44 bits per heavy atom. The van der Waals surface area contributed by atoms with Crippen molar-refractivity contribution in [1.29, 1.82) is 0 Å². The predicted molar refractivity (Wildman–Crippen MR) is 71.6 cm³/mol. The van der Waals surface area contributed by atoms with Crippen molar-refractivity contribution < 1.29 is 9.18 Å². The monoisotopic (exact) mass is 314 g/mol. The third-order valence-corrected chi connectivity index (χ3v) is 3.47. The van der Waals surface area contributed by atoms with Crippen LogP contribution in [0.15, 0.2) is 22.7 Å². The summed E-state index contributed by atoms with van der Waals surface area (Å²) in [5.41, 5.74) is 0.756. The number of halogens is 2. The second-order valence-electron chi connectivity index (χ2n) is 4.50. The molecule has 0 saturated carbocycles. The second kappa shape index (κ2) is 6.29. The third kappa shape index (κ3) is 3.78. The number of rotatable bonds is 3. The van der Waals surface area contributed by atoms with Crippen LogP contribution < -0.4 is 10.6 Å². The van der Waals surface area contributed by atoms with E-state index in [1.54, 1.807) is 6.07 Å². The van der Waals surface area contributed by atoms with Crippen molar-refractivity contribution >= 4 is 21.8 Å². The molecule has 0 radical (unpaired) electrons. The molecule has 1 heterocycles. The number of nitrogens with one attached hydrogen (secondary N) is 2. The molecular formula is C13H16BrFN2O. The average molecular weight is 315 g/mol. The lowest BCUT2D eigenvalue weighted by molar-refractivity contribution is -0.123. The van der Waals surface area contributed by atoms with Gasteiger partial charge in [-0.1, -0.05) is 22.4 Å². The highest BCUT2D eigenvalue weighted by Crippen LogP contribution is 2.15. The molecule has 1 saturated heterocycles. The summed E-state index contributed by atoms with van der Waals surface area (Å²) in [4.78, 5) is 11.9. The van der Waals surface area contributed by atoms with Crippen LogP contribution in [-0.2, 0) is 11.3 Å². The van der Waals surface area contributed by atoms with E-state index in [-0.39, 0.29) is 17.8 Å². The fourth-order valence-corrected chi connectivity index (χ4v) is 2.61. The fourth-order valence-electron chi connectivity index (χ4n) is 2.10. The minimum Gasteiger partial charge on any atom is -0.351 e. The van der Waals surface area contributed by atoms with Gasteiger partial charge in [0.1, 0.15) is 5.82 Å². The molecule has 1 aromatic carbocycles. The van der Waals surface area contributed by atoms with Crippen molar-refractivity contribution in [3.63, 3.8) is 0 Å². The first-order chi connectivity index (χ1) is 8.65. The summed E-state index contributed by atoms with van der Waals surface area (Å²) in [6.07, 6.45) is 3.08. The van der Waals surface area contributed by atoms with Crippen LogP contribution in [0.3, 0.4) is 0 Å². The molecule has 0 aliphatic carbocycles. The molecule has 98 valence electrons. The van der Waals surface area contributed by atoms with Crippen LogP contribution in [0.4, 0.5) is 4.39 Å². The Bertz CT molecular complexity index is 413. The molecule has 1 amide bonds. The van der Waals surface area contributed by atoms with E-state index in [1.807, 2.05) is 0 Å². The molecule has 0 bridgehead atoms. The van der Waals surface area contributed by atoms with Crippen LogP contribution in [-0.4, -0.2) is 18.5 Å². The normalized spacial score (nSPS) is 19.6. The lowest BCUT2D eigenvalue weighted by atomic mass is 10.0. The van der Waals surface area contributed by atoms with Gasteiger partial charge in [0, 0.05) is 11.0 Å². The fraction of sp³-hybridized carbons (Fsp3) is 0.462. The topological polar surface area (TPSA) is 41.1 Å². The molecule has 2 rings (SSSR count). The number of hydrogen-bond acceptors (Lipinski definition) is 2. The van der Waals surface area contributed by atoms with E-state index in [4.69, 9.17) is 0 Å². The van der Waals surface area contributed by atoms with Gasteiger partial charge in [0.2, 0.25) is 5.91 Å². The SMILES string of the molecule is O=C(NCc1cc(F)cc(Br)c1)C1CCCCN1. The Morgan fingerprint density at radius 2 is 2.28 bits per heavy atom. The largest absolute Gasteiger partial charge is 0.351 e. The molecule has 1 atom stereocenters. The Morgan fingerprint density at radius 3 is 2.94 bits per heavy atom. The molecule has 1 aliphatic rings. The number of piperidine rings is 1. The minimum absolute atomic E-state index is 0.00455. The standard InChI is InChI=1S/C13H16BrFN2O/c14-10-5-9(6-11(15)7-10)8-17-13(18)12-3-1-2-4-16-12/h5-7,12,16H,1-4,8H2,(H,17,18). The number of carbonyl (C=O) groups is 1. The van der Waals surface area contributed by atoms with Crippen LogP contribution in [0.25, 0.3) is 0 Å². The van der Waals surface area contributed by atoms with Crippen LogP contribution in [0.1, 0.15) is 24.8 Å². The second-order valence-corrected chi connectivity index (χ2v) is 5.41. The van der Waals surface area contributed by atoms with Gasteiger partial charge in [0.25, 0.3) is 0 Å². The summed E-state index contributed by atoms with van der Waals surface area (Å²) in [6, 6.07) is 4.53. The zero-order valence-electron chi connectivity index (χ0n) is 10.0. The maximum Gasteiger partial charge on any atom is 0.237 e. The molecule has 1 fully saturated rings. The molecule has 18 heavy (non-hydrogen) atoms. The molecule has 2 N–H and O–H groups in total. The van der Waals surface area contributed by atoms with Gasteiger partial charge < -0.3 is 10.6 Å². The van der Waals surface area contributed by atoms with E-state index in [0.717, 1.165) is 31.4 Å². The summed E-state index contributed by atoms with van der Waals surface area (Å²) < 4.78 is 13.8. The molecule has 0 aromatic heterocycles. The quantitative estimate of drug-likeness (QED) is 0.899. The Balaban J connectivity index is 1.88. The van der Waals surface area contributed by atoms with E-state index in [0.29, 0.717) is 11.0 Å². The highest BCUT2D eigenvalue weighted by molar-refractivity contribution is 9.10. The molecule has 1 unspecified atom stereocenters. The van der Waals surface area contributed by atoms with Gasteiger partial charge in [-0.05, 0) is 43.1 Å². The lowest BCUT2D eigenvalue weighted by Gasteiger charge is -2.22. The average Bonchev–Trinajstić information content (AvgIpc) is 2.36. The van der Waals surface area contributed by atoms with E-state index in [2.05, 4.69) is 26.6 Å². The Kier molecular flexibility index (Phi) is 4.72. The first-order valence-electron chi connectivity index (χ1n) is 6.11. The highest BCUT2D eigenvalue weighted by atomic mass is 79.9. The van der Waals surface area contributed by atoms with Crippen LogP contribution in [0.5, 0.6) is 0 Å². The van der Waals surface area contributed by atoms with Gasteiger partial charge in [0.15, 0.2) is 0 Å². The molecule has 0 spiro atoms. The molecule has 3 nitrogen and oxygen atoms in total. The zero-order valence-corrected chi connectivity index (χ0v) is 11.6. The van der Waals surface area contributed by atoms with Crippen LogP contribution in [0.2, 0.25) is 0 Å². The Labute approximate surface area is 114 Å². The van der Waals surface area contributed by atoms with Crippen molar-refractivity contribution in [2.45, 2.75) is 31.8 Å². The number of hydrogen-bond donors (Lipinski definition) is 2. The third-order valence-electron chi connectivity index (χ3n) is 3.02. The van der Waals surface area contributed by atoms with Gasteiger partial charge in [-0.3, -0.25) is 4.79 Å². The number of carbonyl (C=O) groups excluding carboxylic acids is 1. The molecule has 5 heteroatoms. The van der Waals surface area contributed by atoms with Crippen molar-refractivity contribution in [1.82, 2.24) is 10.6 Å². The van der Waals surface area contributed by atoms with Gasteiger partial charge in [-0.2, -0.15) is 0 Å². The Hall–Kier alpha value is -0.940. The smallest absolute Gasteiger partial charge is 0.237 e. The van der Waals surface area contributed by atoms with E-state index in [1.165, 1.54) is 12.1 Å². The van der Waals surface area contributed by atoms with E-state index < -0.39 is 0 Å². The summed E-state index contributed by atoms with van der Waals surface area (Å²) >= 11 is 3.23. The molecule has 1 aliphatic heterocycles. The summed E-state index contributed by atoms with van der Waals surface area (Å²) in [5, 5.41) is 6.02.